The number of alkyl halides is 7. The summed E-state index contributed by atoms with van der Waals surface area (Å²) >= 11 is 0. The Hall–Kier alpha value is -3.62. The number of nitrogens with one attached hydrogen (secondary N) is 1. The van der Waals surface area contributed by atoms with Crippen LogP contribution in [0.2, 0.25) is 0 Å². The fourth-order valence-corrected chi connectivity index (χ4v) is 6.90. The average Bonchev–Trinajstić information content (AvgIpc) is 2.85. The normalized spacial score (nSPS) is 20.1. The largest absolute Gasteiger partial charge is 0.435 e. The summed E-state index contributed by atoms with van der Waals surface area (Å²) in [5.74, 6) is -1.25. The number of halogens is 8. The van der Waals surface area contributed by atoms with E-state index in [-0.39, 0.29) is 41.9 Å². The van der Waals surface area contributed by atoms with E-state index in [1.165, 1.54) is 18.5 Å². The Kier molecular flexibility index (Phi) is 7.41. The minimum Gasteiger partial charge on any atom is -0.353 e. The van der Waals surface area contributed by atoms with Crippen molar-refractivity contribution < 1.29 is 48.3 Å². The number of benzene rings is 2. The van der Waals surface area contributed by atoms with Crippen LogP contribution in [0, 0.1) is 5.82 Å². The van der Waals surface area contributed by atoms with Gasteiger partial charge < -0.3 is 5.32 Å². The maximum Gasteiger partial charge on any atom is 0.435 e. The van der Waals surface area contributed by atoms with Crippen LogP contribution in [0.5, 0.6) is 0 Å². The van der Waals surface area contributed by atoms with E-state index in [1.54, 1.807) is 0 Å². The number of hydrogen-bond donors (Lipinski definition) is 1. The molecule has 1 amide bonds. The van der Waals surface area contributed by atoms with Gasteiger partial charge in [0.05, 0.1) is 17.5 Å². The van der Waals surface area contributed by atoms with Crippen LogP contribution in [-0.4, -0.2) is 42.9 Å². The van der Waals surface area contributed by atoms with Crippen LogP contribution in [0.4, 0.5) is 35.1 Å². The van der Waals surface area contributed by atoms with Gasteiger partial charge in [0.25, 0.3) is 0 Å². The van der Waals surface area contributed by atoms with Gasteiger partial charge >= 0.3 is 18.0 Å². The number of sulfone groups is 1. The molecule has 0 aliphatic heterocycles. The van der Waals surface area contributed by atoms with Crippen molar-refractivity contribution in [2.75, 3.05) is 0 Å². The van der Waals surface area contributed by atoms with Gasteiger partial charge in [0, 0.05) is 17.8 Å². The maximum atomic E-state index is 14.5. The Labute approximate surface area is 222 Å². The molecular weight excluding hydrogens is 574 g/mol. The monoisotopic (exact) mass is 593 g/mol. The molecule has 15 heteroatoms. The lowest BCUT2D eigenvalue weighted by Crippen LogP contribution is -2.57. The molecule has 0 atom stereocenters. The smallest absolute Gasteiger partial charge is 0.353 e. The number of rotatable bonds is 7. The lowest BCUT2D eigenvalue weighted by molar-refractivity contribution is -0.348. The zero-order valence-corrected chi connectivity index (χ0v) is 20.9. The minimum atomic E-state index is -6.35. The Morgan fingerprint density at radius 1 is 0.875 bits per heavy atom. The Bertz CT molecular complexity index is 1460. The number of nitrogens with zero attached hydrogens (tertiary/aromatic N) is 2. The van der Waals surface area contributed by atoms with Gasteiger partial charge in [-0.1, -0.05) is 24.3 Å². The van der Waals surface area contributed by atoms with Crippen LogP contribution in [0.3, 0.4) is 0 Å². The van der Waals surface area contributed by atoms with Crippen LogP contribution in [0.15, 0.2) is 71.9 Å². The van der Waals surface area contributed by atoms with E-state index in [0.29, 0.717) is 17.7 Å². The number of hydrogen-bond acceptors (Lipinski definition) is 5. The summed E-state index contributed by atoms with van der Waals surface area (Å²) in [5, 5.41) is 9.85. The molecule has 1 aromatic heterocycles. The zero-order chi connectivity index (χ0) is 29.6. The Morgan fingerprint density at radius 3 is 1.95 bits per heavy atom. The molecule has 2 aromatic carbocycles. The molecule has 3 aromatic rings. The molecule has 0 saturated heterocycles. The summed E-state index contributed by atoms with van der Waals surface area (Å²) in [6.07, 6.45) is -10.7. The highest BCUT2D eigenvalue weighted by atomic mass is 32.2. The first kappa shape index (κ1) is 29.4. The first-order chi connectivity index (χ1) is 18.5. The van der Waals surface area contributed by atoms with Gasteiger partial charge in [-0.2, -0.15) is 36.5 Å². The molecule has 1 aliphatic carbocycles. The van der Waals surface area contributed by atoms with Crippen LogP contribution >= 0.6 is 0 Å². The molecule has 1 saturated carbocycles. The molecule has 40 heavy (non-hydrogen) atoms. The standard InChI is InChI=1S/C25H19F8N3O3S/c26-18-5-7-20(8-6-18)40(38,39)22(12-19(13-22)36-21(37)11-15-9-10-34-35-14-15)16-1-3-17(4-2-16)23(27,24(28,29)30)25(31,32)33/h1-10,14,19H,11-13H2,(H,36,37). The molecule has 1 heterocycles. The summed E-state index contributed by atoms with van der Waals surface area (Å²) in [5.41, 5.74) is -7.19. The topological polar surface area (TPSA) is 89.0 Å². The number of amides is 1. The van der Waals surface area contributed by atoms with Gasteiger partial charge in [-0.3, -0.25) is 4.79 Å². The first-order valence-electron chi connectivity index (χ1n) is 11.5. The van der Waals surface area contributed by atoms with Crippen molar-refractivity contribution in [2.24, 2.45) is 0 Å². The molecule has 1 fully saturated rings. The summed E-state index contributed by atoms with van der Waals surface area (Å²) in [6, 6.07) is 6.29. The summed E-state index contributed by atoms with van der Waals surface area (Å²) in [6.45, 7) is 0. The molecule has 0 unspecified atom stereocenters. The van der Waals surface area contributed by atoms with Crippen LogP contribution < -0.4 is 5.32 Å². The van der Waals surface area contributed by atoms with E-state index in [9.17, 15) is 48.3 Å². The van der Waals surface area contributed by atoms with E-state index in [4.69, 9.17) is 0 Å². The Balaban J connectivity index is 1.68. The maximum absolute atomic E-state index is 14.5. The SMILES string of the molecule is O=C(Cc1ccnnc1)NC1CC(c2ccc(C(F)(C(F)(F)F)C(F)(F)F)cc2)(S(=O)(=O)c2ccc(F)cc2)C1. The molecule has 0 radical (unpaired) electrons. The van der Waals surface area contributed by atoms with Crippen molar-refractivity contribution in [2.45, 2.75) is 53.0 Å². The van der Waals surface area contributed by atoms with Crippen molar-refractivity contribution in [1.82, 2.24) is 15.5 Å². The second kappa shape index (κ2) is 10.1. The Morgan fingerprint density at radius 2 is 1.45 bits per heavy atom. The number of carbonyl (C=O) groups excluding carboxylic acids is 1. The molecule has 6 nitrogen and oxygen atoms in total. The molecule has 214 valence electrons. The highest BCUT2D eigenvalue weighted by Gasteiger charge is 2.73. The van der Waals surface area contributed by atoms with Crippen molar-refractivity contribution in [3.8, 4) is 0 Å². The highest BCUT2D eigenvalue weighted by molar-refractivity contribution is 7.92. The summed E-state index contributed by atoms with van der Waals surface area (Å²) < 4.78 is 133. The molecular formula is C25H19F8N3O3S. The van der Waals surface area contributed by atoms with Crippen LogP contribution in [0.25, 0.3) is 0 Å². The predicted octanol–water partition coefficient (Wildman–Crippen LogP) is 5.10. The van der Waals surface area contributed by atoms with Gasteiger partial charge in [0.1, 0.15) is 10.6 Å². The quantitative estimate of drug-likeness (QED) is 0.305. The van der Waals surface area contributed by atoms with E-state index in [0.717, 1.165) is 24.3 Å². The second-order valence-electron chi connectivity index (χ2n) is 9.28. The van der Waals surface area contributed by atoms with Crippen LogP contribution in [0.1, 0.15) is 29.5 Å². The van der Waals surface area contributed by atoms with Gasteiger partial charge in [-0.25, -0.2) is 17.2 Å². The fourth-order valence-electron chi connectivity index (χ4n) is 4.67. The third-order valence-corrected chi connectivity index (χ3v) is 9.25. The van der Waals surface area contributed by atoms with E-state index >= 15 is 0 Å². The predicted molar refractivity (Wildman–Crippen MR) is 124 cm³/mol. The van der Waals surface area contributed by atoms with Crippen LogP contribution in [-0.2, 0) is 31.5 Å². The van der Waals surface area contributed by atoms with Crippen molar-refractivity contribution >= 4 is 15.7 Å². The molecule has 4 rings (SSSR count). The summed E-state index contributed by atoms with van der Waals surface area (Å²) in [7, 11) is -4.44. The van der Waals surface area contributed by atoms with Gasteiger partial charge in [0.15, 0.2) is 9.84 Å². The zero-order valence-electron chi connectivity index (χ0n) is 20.1. The lowest BCUT2D eigenvalue weighted by atomic mass is 9.74. The van der Waals surface area contributed by atoms with Crippen molar-refractivity contribution in [1.29, 1.82) is 0 Å². The third-order valence-electron chi connectivity index (χ3n) is 6.76. The van der Waals surface area contributed by atoms with Gasteiger partial charge in [0.2, 0.25) is 5.91 Å². The van der Waals surface area contributed by atoms with E-state index in [1.807, 2.05) is 0 Å². The second-order valence-corrected chi connectivity index (χ2v) is 11.5. The first-order valence-corrected chi connectivity index (χ1v) is 13.0. The molecule has 0 spiro atoms. The third kappa shape index (κ3) is 5.02. The average molecular weight is 593 g/mol. The molecule has 0 bridgehead atoms. The summed E-state index contributed by atoms with van der Waals surface area (Å²) in [4.78, 5) is 12.1. The lowest BCUT2D eigenvalue weighted by Gasteiger charge is -2.47. The number of carbonyl (C=O) groups is 1. The van der Waals surface area contributed by atoms with Gasteiger partial charge in [-0.15, -0.1) is 0 Å². The van der Waals surface area contributed by atoms with E-state index < -0.39 is 55.9 Å². The fraction of sp³-hybridized carbons (Fsp3) is 0.320. The molecule has 1 N–H and O–H groups in total. The number of aromatic nitrogens is 2. The molecule has 1 aliphatic rings. The van der Waals surface area contributed by atoms with Crippen molar-refractivity contribution in [3.05, 3.63) is 89.5 Å². The minimum absolute atomic E-state index is 0.119. The van der Waals surface area contributed by atoms with E-state index in [2.05, 4.69) is 15.5 Å². The van der Waals surface area contributed by atoms with Gasteiger partial charge in [-0.05, 0) is 54.3 Å². The van der Waals surface area contributed by atoms with Crippen molar-refractivity contribution in [3.63, 3.8) is 0 Å². The highest BCUT2D eigenvalue weighted by Crippen LogP contribution is 2.55.